The summed E-state index contributed by atoms with van der Waals surface area (Å²) in [6, 6.07) is 8.90. The van der Waals surface area contributed by atoms with Gasteiger partial charge in [-0.05, 0) is 24.3 Å². The highest BCUT2D eigenvalue weighted by molar-refractivity contribution is 7.21. The van der Waals surface area contributed by atoms with Crippen molar-refractivity contribution in [3.63, 3.8) is 0 Å². The molecule has 5 nitrogen and oxygen atoms in total. The maximum absolute atomic E-state index is 11.5. The minimum atomic E-state index is -0.487. The van der Waals surface area contributed by atoms with E-state index in [1.54, 1.807) is 31.5 Å². The molecule has 3 rings (SSSR count). The van der Waals surface area contributed by atoms with Crippen LogP contribution in [0.5, 0.6) is 5.88 Å². The standard InChI is InChI=1S/C15H12N2O3S/c1-20-14-7-10(4-5-16-14)15-17-11-3-2-9(12(19)8-18)6-13(11)21-15/h2-7,18H,8H2,1H3. The van der Waals surface area contributed by atoms with Gasteiger partial charge in [0.15, 0.2) is 5.78 Å². The smallest absolute Gasteiger partial charge is 0.213 e. The molecular formula is C15H12N2O3S. The molecule has 0 atom stereocenters. The fourth-order valence-electron chi connectivity index (χ4n) is 1.97. The lowest BCUT2D eigenvalue weighted by atomic mass is 10.1. The topological polar surface area (TPSA) is 72.3 Å². The second kappa shape index (κ2) is 5.59. The number of aliphatic hydroxyl groups excluding tert-OH is 1. The van der Waals surface area contributed by atoms with Crippen molar-refractivity contribution in [2.24, 2.45) is 0 Å². The number of carbonyl (C=O) groups is 1. The Morgan fingerprint density at radius 1 is 1.33 bits per heavy atom. The third kappa shape index (κ3) is 2.63. The van der Waals surface area contributed by atoms with Gasteiger partial charge in [-0.25, -0.2) is 9.97 Å². The van der Waals surface area contributed by atoms with Gasteiger partial charge in [0.05, 0.1) is 17.3 Å². The minimum absolute atomic E-state index is 0.294. The molecule has 0 unspecified atom stereocenters. The predicted octanol–water partition coefficient (Wildman–Crippen LogP) is 2.54. The van der Waals surface area contributed by atoms with Gasteiger partial charge in [0.1, 0.15) is 11.6 Å². The molecule has 1 aromatic carbocycles. The number of ether oxygens (including phenoxy) is 1. The average molecular weight is 300 g/mol. The Bertz CT molecular complexity index is 814. The average Bonchev–Trinajstić information content (AvgIpc) is 2.97. The summed E-state index contributed by atoms with van der Waals surface area (Å²) in [6.07, 6.45) is 1.67. The Hall–Kier alpha value is -2.31. The van der Waals surface area contributed by atoms with Crippen molar-refractivity contribution < 1.29 is 14.6 Å². The number of Topliss-reactive ketones (excluding diaryl/α,β-unsaturated/α-hetero) is 1. The van der Waals surface area contributed by atoms with Crippen LogP contribution < -0.4 is 4.74 Å². The van der Waals surface area contributed by atoms with Gasteiger partial charge < -0.3 is 9.84 Å². The molecule has 0 radical (unpaired) electrons. The molecule has 1 N–H and O–H groups in total. The number of pyridine rings is 1. The van der Waals surface area contributed by atoms with E-state index in [1.165, 1.54) is 11.3 Å². The fourth-order valence-corrected chi connectivity index (χ4v) is 2.97. The van der Waals surface area contributed by atoms with Gasteiger partial charge in [0, 0.05) is 23.4 Å². The monoisotopic (exact) mass is 300 g/mol. The molecule has 2 aromatic heterocycles. The summed E-state index contributed by atoms with van der Waals surface area (Å²) < 4.78 is 6.01. The van der Waals surface area contributed by atoms with Crippen LogP contribution in [0.1, 0.15) is 10.4 Å². The first-order valence-electron chi connectivity index (χ1n) is 6.26. The molecular weight excluding hydrogens is 288 g/mol. The predicted molar refractivity (Wildman–Crippen MR) is 80.8 cm³/mol. The summed E-state index contributed by atoms with van der Waals surface area (Å²) in [5.41, 5.74) is 2.23. The molecule has 0 aliphatic heterocycles. The zero-order chi connectivity index (χ0) is 14.8. The van der Waals surface area contributed by atoms with Crippen molar-refractivity contribution >= 4 is 27.3 Å². The number of ketones is 1. The van der Waals surface area contributed by atoms with Crippen LogP contribution in [0.4, 0.5) is 0 Å². The highest BCUT2D eigenvalue weighted by Crippen LogP contribution is 2.31. The summed E-state index contributed by atoms with van der Waals surface area (Å²) in [5, 5.41) is 9.75. The summed E-state index contributed by atoms with van der Waals surface area (Å²) in [7, 11) is 1.57. The summed E-state index contributed by atoms with van der Waals surface area (Å²) in [5.74, 6) is 0.236. The summed E-state index contributed by atoms with van der Waals surface area (Å²) in [6.45, 7) is -0.487. The number of hydrogen-bond donors (Lipinski definition) is 1. The highest BCUT2D eigenvalue weighted by Gasteiger charge is 2.10. The maximum Gasteiger partial charge on any atom is 0.213 e. The molecule has 0 saturated carbocycles. The van der Waals surface area contributed by atoms with Crippen molar-refractivity contribution in [2.45, 2.75) is 0 Å². The van der Waals surface area contributed by atoms with E-state index in [0.29, 0.717) is 11.4 Å². The molecule has 0 aliphatic rings. The van der Waals surface area contributed by atoms with Crippen molar-refractivity contribution in [2.75, 3.05) is 13.7 Å². The number of hydrogen-bond acceptors (Lipinski definition) is 6. The Labute approximate surface area is 124 Å². The van der Waals surface area contributed by atoms with Crippen LogP contribution in [-0.4, -0.2) is 34.6 Å². The Morgan fingerprint density at radius 2 is 2.19 bits per heavy atom. The van der Waals surface area contributed by atoms with Gasteiger partial charge in [-0.1, -0.05) is 0 Å². The molecule has 0 spiro atoms. The molecule has 0 aliphatic carbocycles. The molecule has 21 heavy (non-hydrogen) atoms. The minimum Gasteiger partial charge on any atom is -0.481 e. The Balaban J connectivity index is 2.06. The number of fused-ring (bicyclic) bond motifs is 1. The normalized spacial score (nSPS) is 10.8. The van der Waals surface area contributed by atoms with Gasteiger partial charge in [-0.2, -0.15) is 0 Å². The number of nitrogens with zero attached hydrogens (tertiary/aromatic N) is 2. The lowest BCUT2D eigenvalue weighted by molar-refractivity contribution is 0.0904. The lowest BCUT2D eigenvalue weighted by Crippen LogP contribution is -2.03. The van der Waals surface area contributed by atoms with Crippen molar-refractivity contribution in [1.29, 1.82) is 0 Å². The van der Waals surface area contributed by atoms with E-state index >= 15 is 0 Å². The van der Waals surface area contributed by atoms with Gasteiger partial charge in [-0.15, -0.1) is 11.3 Å². The Kier molecular flexibility index (Phi) is 3.64. The van der Waals surface area contributed by atoms with Crippen LogP contribution in [0.3, 0.4) is 0 Å². The molecule has 2 heterocycles. The number of rotatable bonds is 4. The van der Waals surface area contributed by atoms with Gasteiger partial charge >= 0.3 is 0 Å². The van der Waals surface area contributed by atoms with E-state index in [2.05, 4.69) is 9.97 Å². The third-order valence-corrected chi connectivity index (χ3v) is 4.11. The highest BCUT2D eigenvalue weighted by atomic mass is 32.1. The molecule has 0 fully saturated rings. The molecule has 0 bridgehead atoms. The Morgan fingerprint density at radius 3 is 2.95 bits per heavy atom. The quantitative estimate of drug-likeness (QED) is 0.750. The molecule has 3 aromatic rings. The first-order valence-corrected chi connectivity index (χ1v) is 7.08. The second-order valence-electron chi connectivity index (χ2n) is 4.37. The van der Waals surface area contributed by atoms with Crippen molar-refractivity contribution in [3.05, 3.63) is 42.1 Å². The summed E-state index contributed by atoms with van der Waals surface area (Å²) >= 11 is 1.48. The lowest BCUT2D eigenvalue weighted by Gasteiger charge is -1.99. The van der Waals surface area contributed by atoms with E-state index in [4.69, 9.17) is 9.84 Å². The van der Waals surface area contributed by atoms with E-state index in [-0.39, 0.29) is 5.78 Å². The SMILES string of the molecule is COc1cc(-c2nc3ccc(C(=O)CO)cc3s2)ccn1. The number of aliphatic hydroxyl groups is 1. The molecule has 0 saturated heterocycles. The zero-order valence-electron chi connectivity index (χ0n) is 11.2. The first-order chi connectivity index (χ1) is 10.2. The van der Waals surface area contributed by atoms with E-state index in [1.807, 2.05) is 12.1 Å². The van der Waals surface area contributed by atoms with Gasteiger partial charge in [0.25, 0.3) is 0 Å². The first kappa shape index (κ1) is 13.7. The van der Waals surface area contributed by atoms with Gasteiger partial charge in [-0.3, -0.25) is 4.79 Å². The maximum atomic E-state index is 11.5. The number of benzene rings is 1. The van der Waals surface area contributed by atoms with Crippen LogP contribution >= 0.6 is 11.3 Å². The largest absolute Gasteiger partial charge is 0.481 e. The molecule has 0 amide bonds. The molecule has 106 valence electrons. The third-order valence-electron chi connectivity index (χ3n) is 3.04. The zero-order valence-corrected chi connectivity index (χ0v) is 12.1. The number of thiazole rings is 1. The van der Waals surface area contributed by atoms with Crippen LogP contribution in [0.25, 0.3) is 20.8 Å². The number of aromatic nitrogens is 2. The van der Waals surface area contributed by atoms with Gasteiger partial charge in [0.2, 0.25) is 5.88 Å². The summed E-state index contributed by atoms with van der Waals surface area (Å²) in [4.78, 5) is 20.1. The van der Waals surface area contributed by atoms with E-state index in [0.717, 1.165) is 20.8 Å². The fraction of sp³-hybridized carbons (Fsp3) is 0.133. The molecule has 6 heteroatoms. The second-order valence-corrected chi connectivity index (χ2v) is 5.40. The van der Waals surface area contributed by atoms with Crippen LogP contribution in [0.15, 0.2) is 36.5 Å². The van der Waals surface area contributed by atoms with Crippen LogP contribution in [0, 0.1) is 0 Å². The van der Waals surface area contributed by atoms with Crippen molar-refractivity contribution in [1.82, 2.24) is 9.97 Å². The van der Waals surface area contributed by atoms with E-state index < -0.39 is 6.61 Å². The number of carbonyl (C=O) groups excluding carboxylic acids is 1. The van der Waals surface area contributed by atoms with E-state index in [9.17, 15) is 4.79 Å². The van der Waals surface area contributed by atoms with Crippen molar-refractivity contribution in [3.8, 4) is 16.5 Å². The number of methoxy groups -OCH3 is 1. The van der Waals surface area contributed by atoms with Crippen LogP contribution in [0.2, 0.25) is 0 Å². The van der Waals surface area contributed by atoms with Crippen LogP contribution in [-0.2, 0) is 0 Å².